The predicted molar refractivity (Wildman–Crippen MR) is 103 cm³/mol. The van der Waals surface area contributed by atoms with E-state index in [9.17, 15) is 4.79 Å². The minimum atomic E-state index is -0.347. The highest BCUT2D eigenvalue weighted by atomic mass is 16.7. The van der Waals surface area contributed by atoms with Crippen LogP contribution in [0.5, 0.6) is 11.5 Å². The molecule has 144 valence electrons. The van der Waals surface area contributed by atoms with Crippen molar-refractivity contribution < 1.29 is 14.3 Å². The fraction of sp³-hybridized carbons (Fsp3) is 0.286. The van der Waals surface area contributed by atoms with Crippen LogP contribution < -0.4 is 9.47 Å². The van der Waals surface area contributed by atoms with Crippen LogP contribution in [0.25, 0.3) is 0 Å². The van der Waals surface area contributed by atoms with Gasteiger partial charge in [0.1, 0.15) is 6.04 Å². The van der Waals surface area contributed by atoms with E-state index in [4.69, 9.17) is 9.47 Å². The van der Waals surface area contributed by atoms with Crippen LogP contribution in [0.15, 0.2) is 61.2 Å². The summed E-state index contributed by atoms with van der Waals surface area (Å²) in [5.41, 5.74) is 1.96. The lowest BCUT2D eigenvalue weighted by molar-refractivity contribution is -0.136. The smallest absolute Gasteiger partial charge is 0.248 e. The summed E-state index contributed by atoms with van der Waals surface area (Å²) in [6.07, 6.45) is 7.69. The van der Waals surface area contributed by atoms with Crippen LogP contribution in [0, 0.1) is 0 Å². The quantitative estimate of drug-likeness (QED) is 0.632. The van der Waals surface area contributed by atoms with E-state index in [-0.39, 0.29) is 18.7 Å². The number of rotatable bonds is 7. The molecule has 0 N–H and O–H groups in total. The van der Waals surface area contributed by atoms with E-state index in [1.807, 2.05) is 54.4 Å². The van der Waals surface area contributed by atoms with Crippen molar-refractivity contribution in [2.24, 2.45) is 0 Å². The molecule has 3 heterocycles. The first-order valence-corrected chi connectivity index (χ1v) is 9.30. The minimum absolute atomic E-state index is 0.0210. The van der Waals surface area contributed by atoms with Crippen LogP contribution in [0.3, 0.4) is 0 Å². The molecule has 0 saturated heterocycles. The first-order chi connectivity index (χ1) is 13.7. The fourth-order valence-electron chi connectivity index (χ4n) is 3.33. The van der Waals surface area contributed by atoms with Gasteiger partial charge in [-0.3, -0.25) is 14.5 Å². The lowest BCUT2D eigenvalue weighted by atomic mass is 10.1. The highest BCUT2D eigenvalue weighted by molar-refractivity contribution is 5.80. The van der Waals surface area contributed by atoms with E-state index in [0.29, 0.717) is 25.3 Å². The van der Waals surface area contributed by atoms with Gasteiger partial charge in [0, 0.05) is 37.9 Å². The van der Waals surface area contributed by atoms with Gasteiger partial charge in [-0.05, 0) is 41.8 Å². The summed E-state index contributed by atoms with van der Waals surface area (Å²) < 4.78 is 12.6. The summed E-state index contributed by atoms with van der Waals surface area (Å²) >= 11 is 0. The number of benzene rings is 1. The molecule has 0 fully saturated rings. The van der Waals surface area contributed by atoms with Gasteiger partial charge in [-0.25, -0.2) is 0 Å². The largest absolute Gasteiger partial charge is 0.454 e. The van der Waals surface area contributed by atoms with Gasteiger partial charge in [-0.2, -0.15) is 5.10 Å². The molecular formula is C21H22N4O3. The van der Waals surface area contributed by atoms with E-state index in [0.717, 1.165) is 16.9 Å². The summed E-state index contributed by atoms with van der Waals surface area (Å²) in [5.74, 6) is 1.47. The highest BCUT2D eigenvalue weighted by Crippen LogP contribution is 2.33. The van der Waals surface area contributed by atoms with Crippen molar-refractivity contribution in [3.05, 3.63) is 72.3 Å². The molecule has 4 rings (SSSR count). The van der Waals surface area contributed by atoms with Gasteiger partial charge in [0.05, 0.1) is 0 Å². The molecule has 0 radical (unpaired) electrons. The number of ether oxygens (including phenoxy) is 2. The third-order valence-electron chi connectivity index (χ3n) is 4.73. The van der Waals surface area contributed by atoms with Crippen molar-refractivity contribution in [1.82, 2.24) is 19.7 Å². The van der Waals surface area contributed by atoms with E-state index < -0.39 is 0 Å². The Bertz CT molecular complexity index is 928. The Hall–Kier alpha value is -3.35. The molecule has 1 aliphatic rings. The Labute approximate surface area is 163 Å². The molecule has 28 heavy (non-hydrogen) atoms. The molecule has 0 aliphatic carbocycles. The third-order valence-corrected chi connectivity index (χ3v) is 4.73. The molecule has 7 heteroatoms. The molecular weight excluding hydrogens is 356 g/mol. The molecule has 0 bridgehead atoms. The van der Waals surface area contributed by atoms with Gasteiger partial charge in [0.2, 0.25) is 12.7 Å². The highest BCUT2D eigenvalue weighted by Gasteiger charge is 2.26. The van der Waals surface area contributed by atoms with E-state index in [1.54, 1.807) is 23.3 Å². The Morgan fingerprint density at radius 3 is 2.75 bits per heavy atom. The Morgan fingerprint density at radius 1 is 1.14 bits per heavy atom. The number of fused-ring (bicyclic) bond motifs is 1. The van der Waals surface area contributed by atoms with Gasteiger partial charge in [-0.1, -0.05) is 19.1 Å². The number of carbonyl (C=O) groups is 1. The third kappa shape index (κ3) is 3.83. The summed E-state index contributed by atoms with van der Waals surface area (Å²) in [4.78, 5) is 19.4. The second kappa shape index (κ2) is 8.12. The van der Waals surface area contributed by atoms with Gasteiger partial charge in [-0.15, -0.1) is 0 Å². The normalized spacial score (nSPS) is 13.3. The second-order valence-corrected chi connectivity index (χ2v) is 6.65. The number of pyridine rings is 1. The number of hydrogen-bond acceptors (Lipinski definition) is 5. The average molecular weight is 378 g/mol. The van der Waals surface area contributed by atoms with Crippen LogP contribution in [0.1, 0.15) is 30.5 Å². The predicted octanol–water partition coefficient (Wildman–Crippen LogP) is 3.19. The molecule has 1 amide bonds. The molecule has 1 aromatic carbocycles. The topological polar surface area (TPSA) is 69.5 Å². The Morgan fingerprint density at radius 2 is 2.00 bits per heavy atom. The zero-order valence-electron chi connectivity index (χ0n) is 15.7. The molecule has 1 aliphatic heterocycles. The maximum Gasteiger partial charge on any atom is 0.248 e. The zero-order valence-corrected chi connectivity index (χ0v) is 15.7. The van der Waals surface area contributed by atoms with E-state index in [2.05, 4.69) is 10.1 Å². The minimum Gasteiger partial charge on any atom is -0.454 e. The molecule has 1 atom stereocenters. The summed E-state index contributed by atoms with van der Waals surface area (Å²) in [6.45, 7) is 3.16. The molecule has 7 nitrogen and oxygen atoms in total. The van der Waals surface area contributed by atoms with E-state index >= 15 is 0 Å². The summed E-state index contributed by atoms with van der Waals surface area (Å²) in [7, 11) is 0. The van der Waals surface area contributed by atoms with Crippen molar-refractivity contribution in [2.45, 2.75) is 32.5 Å². The van der Waals surface area contributed by atoms with Gasteiger partial charge >= 0.3 is 0 Å². The Kier molecular flexibility index (Phi) is 5.23. The van der Waals surface area contributed by atoms with Gasteiger partial charge in [0.15, 0.2) is 11.5 Å². The van der Waals surface area contributed by atoms with Crippen molar-refractivity contribution >= 4 is 5.91 Å². The van der Waals surface area contributed by atoms with Gasteiger partial charge < -0.3 is 14.4 Å². The number of carbonyl (C=O) groups excluding carboxylic acids is 1. The van der Waals surface area contributed by atoms with Crippen LogP contribution in [0.2, 0.25) is 0 Å². The second-order valence-electron chi connectivity index (χ2n) is 6.65. The standard InChI is InChI=1S/C21H22N4O3/c1-2-18(25-10-4-9-23-25)21(26)24(14-17-5-3-8-22-12-17)13-16-6-7-19-20(11-16)28-15-27-19/h3-12,18H,2,13-15H2,1H3/t18-/m0/s1. The number of aromatic nitrogens is 3. The molecule has 0 spiro atoms. The molecule has 0 unspecified atom stereocenters. The Balaban J connectivity index is 1.60. The van der Waals surface area contributed by atoms with Crippen molar-refractivity contribution in [1.29, 1.82) is 0 Å². The molecule has 3 aromatic rings. The first-order valence-electron chi connectivity index (χ1n) is 9.30. The van der Waals surface area contributed by atoms with Crippen molar-refractivity contribution in [3.8, 4) is 11.5 Å². The van der Waals surface area contributed by atoms with Crippen molar-refractivity contribution in [3.63, 3.8) is 0 Å². The number of amides is 1. The van der Waals surface area contributed by atoms with Crippen molar-refractivity contribution in [2.75, 3.05) is 6.79 Å². The maximum atomic E-state index is 13.4. The maximum absolute atomic E-state index is 13.4. The number of hydrogen-bond donors (Lipinski definition) is 0. The lowest BCUT2D eigenvalue weighted by Crippen LogP contribution is -2.36. The summed E-state index contributed by atoms with van der Waals surface area (Å²) in [5, 5.41) is 4.27. The van der Waals surface area contributed by atoms with E-state index in [1.165, 1.54) is 0 Å². The van der Waals surface area contributed by atoms with Crippen LogP contribution in [0.4, 0.5) is 0 Å². The molecule has 0 saturated carbocycles. The monoisotopic (exact) mass is 378 g/mol. The first kappa shape index (κ1) is 18.0. The molecule has 2 aromatic heterocycles. The lowest BCUT2D eigenvalue weighted by Gasteiger charge is -2.27. The summed E-state index contributed by atoms with van der Waals surface area (Å²) in [6, 6.07) is 11.1. The SMILES string of the molecule is CC[C@@H](C(=O)N(Cc1cccnc1)Cc1ccc2c(c1)OCO2)n1cccn1. The average Bonchev–Trinajstić information content (AvgIpc) is 3.40. The fourth-order valence-corrected chi connectivity index (χ4v) is 3.33. The van der Waals surface area contributed by atoms with Crippen LogP contribution in [-0.4, -0.2) is 32.4 Å². The zero-order chi connectivity index (χ0) is 19.3. The van der Waals surface area contributed by atoms with Crippen LogP contribution >= 0.6 is 0 Å². The number of nitrogens with zero attached hydrogens (tertiary/aromatic N) is 4. The van der Waals surface area contributed by atoms with Crippen LogP contribution in [-0.2, 0) is 17.9 Å². The van der Waals surface area contributed by atoms with Gasteiger partial charge in [0.25, 0.3) is 0 Å².